The number of hydrogen-bond acceptors (Lipinski definition) is 0. The Bertz CT molecular complexity index is 1660. The van der Waals surface area contributed by atoms with Gasteiger partial charge in [-0.05, 0) is 0 Å². The second-order valence-corrected chi connectivity index (χ2v) is 39.1. The SMILES string of the molecule is CC1=C(C)[C]([Ti+3])([Si](c2cc(C)cc(C)c2[Si](C)(C)C)(c2cc(C)cc(C)c2[Si](C)(C)C)c2cc(C)cc(C)c2[Si](C)(C)C)C(C)=C1C.[Cl-].[Cl-].[Cl-]. The van der Waals surface area contributed by atoms with Crippen LogP contribution in [0.15, 0.2) is 58.7 Å². The van der Waals surface area contributed by atoms with Crippen molar-refractivity contribution in [3.63, 3.8) is 0 Å². The molecule has 272 valence electrons. The molecular weight excluding hydrogens is 771 g/mol. The molecule has 4 rings (SSSR count). The third-order valence-electron chi connectivity index (χ3n) is 11.3. The van der Waals surface area contributed by atoms with Crippen LogP contribution in [0, 0.1) is 41.5 Å². The molecule has 0 radical (unpaired) electrons. The zero-order valence-corrected chi connectivity index (χ0v) is 42.4. The van der Waals surface area contributed by atoms with Crippen molar-refractivity contribution in [2.75, 3.05) is 0 Å². The summed E-state index contributed by atoms with van der Waals surface area (Å²) < 4.78 is -0.126. The summed E-state index contributed by atoms with van der Waals surface area (Å²) in [4.78, 5) is 0. The first-order valence-corrected chi connectivity index (χ1v) is 31.0. The van der Waals surface area contributed by atoms with Crippen LogP contribution < -0.4 is 68.3 Å². The van der Waals surface area contributed by atoms with Crippen LogP contribution in [-0.2, 0) is 20.4 Å². The second kappa shape index (κ2) is 15.8. The van der Waals surface area contributed by atoms with E-state index in [-0.39, 0.29) is 40.6 Å². The second-order valence-electron chi connectivity index (χ2n) is 18.3. The van der Waals surface area contributed by atoms with E-state index in [0.717, 1.165) is 0 Å². The molecule has 0 heterocycles. The first-order valence-electron chi connectivity index (χ1n) is 17.7. The van der Waals surface area contributed by atoms with Crippen LogP contribution >= 0.6 is 0 Å². The summed E-state index contributed by atoms with van der Waals surface area (Å²) in [5, 5.41) is 10.3. The normalized spacial score (nSPS) is 15.1. The minimum Gasteiger partial charge on any atom is -1.00 e. The molecule has 0 fully saturated rings. The van der Waals surface area contributed by atoms with Gasteiger partial charge in [0.25, 0.3) is 0 Å². The van der Waals surface area contributed by atoms with E-state index in [2.05, 4.69) is 185 Å². The van der Waals surface area contributed by atoms with Gasteiger partial charge in [0, 0.05) is 0 Å². The van der Waals surface area contributed by atoms with Gasteiger partial charge in [0.05, 0.1) is 0 Å². The fourth-order valence-corrected chi connectivity index (χ4v) is 30.4. The average molecular weight is 835 g/mol. The molecule has 0 bridgehead atoms. The molecule has 0 N–H and O–H groups in total. The van der Waals surface area contributed by atoms with Gasteiger partial charge in [0.2, 0.25) is 0 Å². The van der Waals surface area contributed by atoms with Crippen molar-refractivity contribution in [1.29, 1.82) is 0 Å². The molecule has 0 saturated carbocycles. The van der Waals surface area contributed by atoms with Crippen molar-refractivity contribution in [1.82, 2.24) is 0 Å². The molecule has 0 aliphatic heterocycles. The molecule has 3 aromatic rings. The maximum atomic E-state index is 2.72. The Hall–Kier alpha value is -0.408. The Kier molecular flexibility index (Phi) is 15.0. The van der Waals surface area contributed by atoms with E-state index in [0.29, 0.717) is 0 Å². The van der Waals surface area contributed by atoms with Gasteiger partial charge in [-0.15, -0.1) is 0 Å². The van der Waals surface area contributed by atoms with Crippen molar-refractivity contribution in [2.24, 2.45) is 0 Å². The van der Waals surface area contributed by atoms with Gasteiger partial charge in [-0.3, -0.25) is 0 Å². The van der Waals surface area contributed by atoms with E-state index in [1.165, 1.54) is 44.5 Å². The zero-order valence-electron chi connectivity index (χ0n) is 34.6. The monoisotopic (exact) mass is 832 g/mol. The Labute approximate surface area is 341 Å². The predicted octanol–water partition coefficient (Wildman–Crippen LogP) is -0.414. The van der Waals surface area contributed by atoms with E-state index < -0.39 is 32.3 Å². The zero-order chi connectivity index (χ0) is 36.0. The molecule has 1 aliphatic rings. The molecular formula is C42H63Cl3Si4Ti. The Morgan fingerprint density at radius 1 is 0.400 bits per heavy atom. The molecule has 0 spiro atoms. The first kappa shape index (κ1) is 47.6. The van der Waals surface area contributed by atoms with Gasteiger partial charge >= 0.3 is 307 Å². The maximum absolute atomic E-state index is 2.99. The number of hydrogen-bond donors (Lipinski definition) is 0. The third-order valence-corrected chi connectivity index (χ3v) is 26.9. The summed E-state index contributed by atoms with van der Waals surface area (Å²) in [5.74, 6) is 0. The number of aryl methyl sites for hydroxylation is 6. The van der Waals surface area contributed by atoms with Crippen molar-refractivity contribution >= 4 is 63.4 Å². The summed E-state index contributed by atoms with van der Waals surface area (Å²) in [6.45, 7) is 47.7. The Morgan fingerprint density at radius 2 is 0.620 bits per heavy atom. The van der Waals surface area contributed by atoms with E-state index >= 15 is 0 Å². The maximum Gasteiger partial charge on any atom is -1.00 e. The first-order chi connectivity index (χ1) is 21.2. The Balaban J connectivity index is 0.00000417. The third kappa shape index (κ3) is 7.60. The van der Waals surface area contributed by atoms with E-state index in [9.17, 15) is 0 Å². The molecule has 0 unspecified atom stereocenters. The number of allylic oxidation sites excluding steroid dienone is 4. The van der Waals surface area contributed by atoms with Crippen molar-refractivity contribution in [3.05, 3.63) is 92.1 Å². The van der Waals surface area contributed by atoms with Crippen molar-refractivity contribution in [3.8, 4) is 0 Å². The number of benzene rings is 3. The molecule has 50 heavy (non-hydrogen) atoms. The number of halogens is 3. The van der Waals surface area contributed by atoms with Crippen LogP contribution in [0.1, 0.15) is 61.1 Å². The fraction of sp³-hybridized carbons (Fsp3) is 0.476. The predicted molar refractivity (Wildman–Crippen MR) is 221 cm³/mol. The van der Waals surface area contributed by atoms with Gasteiger partial charge in [-0.25, -0.2) is 0 Å². The van der Waals surface area contributed by atoms with Crippen LogP contribution in [0.25, 0.3) is 0 Å². The van der Waals surface area contributed by atoms with Crippen molar-refractivity contribution in [2.45, 2.75) is 132 Å². The molecule has 0 nitrogen and oxygen atoms in total. The van der Waals surface area contributed by atoms with Gasteiger partial charge < -0.3 is 37.2 Å². The van der Waals surface area contributed by atoms with Crippen molar-refractivity contribution < 1.29 is 57.7 Å². The topological polar surface area (TPSA) is 0 Å². The standard InChI is InChI=1S/C42H63Si4.3ClH.Ti/c1-26-20-29(4)39(43(11,12)13)36(23-26)46(42-34(9)32(7)33(8)35(42)10,37-24-27(2)21-30(5)40(37)44(14,15)16)38-25-28(3)22-31(6)41(38)45(17,18)19;;;;/h20-25H,1-19H3;3*1H;/q;;;;+3/p-3. The quantitative estimate of drug-likeness (QED) is 0.225. The van der Waals surface area contributed by atoms with Crippen LogP contribution in [-0.4, -0.2) is 32.3 Å². The molecule has 1 aliphatic carbocycles. The molecule has 3 aromatic carbocycles. The Morgan fingerprint density at radius 3 is 0.820 bits per heavy atom. The average Bonchev–Trinajstić information content (AvgIpc) is 3.01. The van der Waals surface area contributed by atoms with Gasteiger partial charge in [-0.2, -0.15) is 0 Å². The summed E-state index contributed by atoms with van der Waals surface area (Å²) >= 11 is 2.72. The van der Waals surface area contributed by atoms with Crippen LogP contribution in [0.3, 0.4) is 0 Å². The smallest absolute Gasteiger partial charge is 1.00 e. The summed E-state index contributed by atoms with van der Waals surface area (Å²) in [6, 6.07) is 15.7. The molecule has 0 amide bonds. The largest absolute Gasteiger partial charge is 1.00 e. The minimum atomic E-state index is -2.99. The minimum absolute atomic E-state index is 0. The molecule has 0 atom stereocenters. The van der Waals surface area contributed by atoms with Crippen LogP contribution in [0.4, 0.5) is 0 Å². The van der Waals surface area contributed by atoms with Crippen LogP contribution in [0.5, 0.6) is 0 Å². The van der Waals surface area contributed by atoms with Gasteiger partial charge in [0.15, 0.2) is 0 Å². The molecule has 0 saturated heterocycles. The molecule has 0 aromatic heterocycles. The van der Waals surface area contributed by atoms with Gasteiger partial charge in [0.1, 0.15) is 0 Å². The van der Waals surface area contributed by atoms with E-state index in [4.69, 9.17) is 0 Å². The summed E-state index contributed by atoms with van der Waals surface area (Å²) in [5.41, 5.74) is 15.0. The molecule has 8 heteroatoms. The summed E-state index contributed by atoms with van der Waals surface area (Å²) in [6.07, 6.45) is 0. The van der Waals surface area contributed by atoms with Gasteiger partial charge in [-0.1, -0.05) is 0 Å². The fourth-order valence-electron chi connectivity index (χ4n) is 9.79. The van der Waals surface area contributed by atoms with E-state index in [1.54, 1.807) is 42.3 Å². The summed E-state index contributed by atoms with van der Waals surface area (Å²) in [7, 11) is -8.50. The number of rotatable bonds is 7. The van der Waals surface area contributed by atoms with Crippen LogP contribution in [0.2, 0.25) is 62.3 Å². The van der Waals surface area contributed by atoms with E-state index in [1.807, 2.05) is 0 Å².